The van der Waals surface area contributed by atoms with Crippen LogP contribution in [0.25, 0.3) is 0 Å². The quantitative estimate of drug-likeness (QED) is 0.0873. The Morgan fingerprint density at radius 3 is 1.89 bits per heavy atom. The van der Waals surface area contributed by atoms with Crippen LogP contribution in [0.4, 0.5) is 0 Å². The lowest BCUT2D eigenvalue weighted by molar-refractivity contribution is -0.152. The molecule has 0 amide bonds. The minimum absolute atomic E-state index is 0.0263. The largest absolute Gasteiger partial charge is 0.465 e. The summed E-state index contributed by atoms with van der Waals surface area (Å²) in [4.78, 5) is 11.2. The lowest BCUT2D eigenvalue weighted by Crippen LogP contribution is -2.42. The summed E-state index contributed by atoms with van der Waals surface area (Å²) < 4.78 is 16.3. The molecule has 208 valence electrons. The van der Waals surface area contributed by atoms with Gasteiger partial charge in [-0.3, -0.25) is 4.79 Å². The van der Waals surface area contributed by atoms with Gasteiger partial charge in [-0.2, -0.15) is 0 Å². The average Bonchev–Trinajstić information content (AvgIpc) is 2.86. The Kier molecular flexibility index (Phi) is 24.0. The third-order valence-corrected chi connectivity index (χ3v) is 6.05. The highest BCUT2D eigenvalue weighted by atomic mass is 16.5. The van der Waals surface area contributed by atoms with Crippen LogP contribution in [-0.2, 0) is 19.0 Å². The first-order valence-corrected chi connectivity index (χ1v) is 13.8. The molecule has 0 aromatic rings. The van der Waals surface area contributed by atoms with Crippen molar-refractivity contribution < 1.29 is 34.3 Å². The van der Waals surface area contributed by atoms with E-state index in [1.807, 2.05) is 0 Å². The van der Waals surface area contributed by atoms with Crippen molar-refractivity contribution in [2.75, 3.05) is 46.2 Å². The molecule has 0 rings (SSSR count). The Bertz CT molecular complexity index is 498. The predicted octanol–water partition coefficient (Wildman–Crippen LogP) is 4.95. The SMILES string of the molecule is CCCCCCCCC=CCCCCCCCCOCC(CO)(COCC(O)CO)COC(C)=O. The van der Waals surface area contributed by atoms with Crippen molar-refractivity contribution in [2.24, 2.45) is 5.41 Å². The molecule has 7 heteroatoms. The van der Waals surface area contributed by atoms with Gasteiger partial charge in [0.2, 0.25) is 0 Å². The Morgan fingerprint density at radius 1 is 0.800 bits per heavy atom. The van der Waals surface area contributed by atoms with E-state index in [1.165, 1.54) is 84.0 Å². The van der Waals surface area contributed by atoms with Gasteiger partial charge in [0.05, 0.1) is 38.4 Å². The van der Waals surface area contributed by atoms with Gasteiger partial charge in [-0.15, -0.1) is 0 Å². The van der Waals surface area contributed by atoms with Crippen LogP contribution in [0.15, 0.2) is 12.2 Å². The zero-order chi connectivity index (χ0) is 26.0. The summed E-state index contributed by atoms with van der Waals surface area (Å²) >= 11 is 0. The second-order valence-corrected chi connectivity index (χ2v) is 9.78. The molecule has 7 nitrogen and oxygen atoms in total. The van der Waals surface area contributed by atoms with Gasteiger partial charge < -0.3 is 29.5 Å². The van der Waals surface area contributed by atoms with Crippen LogP contribution < -0.4 is 0 Å². The summed E-state index contributed by atoms with van der Waals surface area (Å²) in [6.07, 6.45) is 21.2. The van der Waals surface area contributed by atoms with Crippen molar-refractivity contribution in [3.8, 4) is 0 Å². The highest BCUT2D eigenvalue weighted by Crippen LogP contribution is 2.20. The number of aliphatic hydroxyl groups is 3. The molecule has 0 bridgehead atoms. The fourth-order valence-corrected chi connectivity index (χ4v) is 3.72. The molecule has 2 unspecified atom stereocenters. The van der Waals surface area contributed by atoms with E-state index in [4.69, 9.17) is 19.3 Å². The number of ether oxygens (including phenoxy) is 3. The molecule has 0 aromatic carbocycles. The molecule has 0 fully saturated rings. The van der Waals surface area contributed by atoms with E-state index in [-0.39, 0.29) is 33.0 Å². The molecule has 0 spiro atoms. The van der Waals surface area contributed by atoms with E-state index >= 15 is 0 Å². The number of unbranched alkanes of at least 4 members (excludes halogenated alkanes) is 12. The third kappa shape index (κ3) is 22.0. The minimum Gasteiger partial charge on any atom is -0.465 e. The summed E-state index contributed by atoms with van der Waals surface area (Å²) in [7, 11) is 0. The maximum Gasteiger partial charge on any atom is 0.302 e. The summed E-state index contributed by atoms with van der Waals surface area (Å²) in [6, 6.07) is 0. The lowest BCUT2D eigenvalue weighted by atomic mass is 9.92. The fourth-order valence-electron chi connectivity index (χ4n) is 3.72. The molecule has 35 heavy (non-hydrogen) atoms. The van der Waals surface area contributed by atoms with Gasteiger partial charge in [0.25, 0.3) is 0 Å². The smallest absolute Gasteiger partial charge is 0.302 e. The van der Waals surface area contributed by atoms with Gasteiger partial charge in [-0.1, -0.05) is 76.9 Å². The van der Waals surface area contributed by atoms with E-state index in [0.29, 0.717) is 6.61 Å². The van der Waals surface area contributed by atoms with Gasteiger partial charge >= 0.3 is 5.97 Å². The van der Waals surface area contributed by atoms with E-state index in [9.17, 15) is 15.0 Å². The Morgan fingerprint density at radius 2 is 1.34 bits per heavy atom. The molecule has 0 heterocycles. The van der Waals surface area contributed by atoms with Crippen LogP contribution in [0.3, 0.4) is 0 Å². The van der Waals surface area contributed by atoms with Crippen LogP contribution >= 0.6 is 0 Å². The van der Waals surface area contributed by atoms with E-state index < -0.39 is 24.1 Å². The van der Waals surface area contributed by atoms with Gasteiger partial charge in [-0.05, 0) is 32.1 Å². The normalized spacial score (nSPS) is 14.3. The van der Waals surface area contributed by atoms with Crippen molar-refractivity contribution in [2.45, 2.75) is 110 Å². The lowest BCUT2D eigenvalue weighted by Gasteiger charge is -2.31. The van der Waals surface area contributed by atoms with Gasteiger partial charge in [0, 0.05) is 13.5 Å². The first kappa shape index (κ1) is 34.0. The molecular weight excluding hydrogens is 448 g/mol. The zero-order valence-electron chi connectivity index (χ0n) is 22.6. The minimum atomic E-state index is -0.984. The van der Waals surface area contributed by atoms with Crippen molar-refractivity contribution in [3.05, 3.63) is 12.2 Å². The molecule has 0 aromatic heterocycles. The van der Waals surface area contributed by atoms with Crippen molar-refractivity contribution >= 4 is 5.97 Å². The van der Waals surface area contributed by atoms with Gasteiger partial charge in [0.1, 0.15) is 12.7 Å². The van der Waals surface area contributed by atoms with Crippen LogP contribution in [0.2, 0.25) is 0 Å². The molecule has 0 aliphatic heterocycles. The summed E-state index contributed by atoms with van der Waals surface area (Å²) in [5.41, 5.74) is -0.885. The van der Waals surface area contributed by atoms with Crippen molar-refractivity contribution in [3.63, 3.8) is 0 Å². The average molecular weight is 503 g/mol. The number of aliphatic hydroxyl groups excluding tert-OH is 3. The third-order valence-electron chi connectivity index (χ3n) is 6.05. The zero-order valence-corrected chi connectivity index (χ0v) is 22.6. The molecule has 2 atom stereocenters. The monoisotopic (exact) mass is 502 g/mol. The molecule has 0 aliphatic carbocycles. The van der Waals surface area contributed by atoms with Gasteiger partial charge in [-0.25, -0.2) is 0 Å². The number of carbonyl (C=O) groups is 1. The van der Waals surface area contributed by atoms with E-state index in [1.54, 1.807) is 0 Å². The highest BCUT2D eigenvalue weighted by Gasteiger charge is 2.32. The highest BCUT2D eigenvalue weighted by molar-refractivity contribution is 5.65. The molecule has 0 saturated carbocycles. The maximum absolute atomic E-state index is 11.2. The van der Waals surface area contributed by atoms with Crippen molar-refractivity contribution in [1.82, 2.24) is 0 Å². The van der Waals surface area contributed by atoms with Crippen LogP contribution in [-0.4, -0.2) is 73.6 Å². The number of allylic oxidation sites excluding steroid dienone is 2. The number of hydrogen-bond donors (Lipinski definition) is 3. The number of esters is 1. The topological polar surface area (TPSA) is 105 Å². The number of carbonyl (C=O) groups excluding carboxylic acids is 1. The molecule has 3 N–H and O–H groups in total. The second-order valence-electron chi connectivity index (χ2n) is 9.78. The van der Waals surface area contributed by atoms with Crippen molar-refractivity contribution in [1.29, 1.82) is 0 Å². The number of rotatable bonds is 26. The Balaban J connectivity index is 3.81. The Labute approximate surface area is 214 Å². The van der Waals surface area contributed by atoms with E-state index in [2.05, 4.69) is 19.1 Å². The molecular formula is C28H54O7. The Hall–Kier alpha value is -0.990. The number of hydrogen-bond acceptors (Lipinski definition) is 7. The van der Waals surface area contributed by atoms with Gasteiger partial charge in [0.15, 0.2) is 0 Å². The summed E-state index contributed by atoms with van der Waals surface area (Å²) in [6.45, 7) is 3.62. The summed E-state index contributed by atoms with van der Waals surface area (Å²) in [5.74, 6) is -0.438. The second kappa shape index (κ2) is 24.7. The molecule has 0 saturated heterocycles. The fraction of sp³-hybridized carbons (Fsp3) is 0.893. The molecule has 0 aliphatic rings. The van der Waals surface area contributed by atoms with Crippen LogP contribution in [0.5, 0.6) is 0 Å². The summed E-state index contributed by atoms with van der Waals surface area (Å²) in [5, 5.41) is 28.2. The predicted molar refractivity (Wildman–Crippen MR) is 140 cm³/mol. The maximum atomic E-state index is 11.2. The first-order chi connectivity index (χ1) is 17.0. The van der Waals surface area contributed by atoms with E-state index in [0.717, 1.165) is 12.8 Å². The standard InChI is InChI=1S/C28H54O7/c1-3-4-5-6-7-8-9-10-11-12-13-14-15-16-17-18-19-33-23-28(22-30,25-35-26(2)31)24-34-21-27(32)20-29/h10-11,27,29-30,32H,3-9,12-25H2,1-2H3. The molecule has 0 radical (unpaired) electrons. The van der Waals surface area contributed by atoms with Crippen LogP contribution in [0, 0.1) is 5.41 Å². The first-order valence-electron chi connectivity index (χ1n) is 13.8. The van der Waals surface area contributed by atoms with Crippen LogP contribution in [0.1, 0.15) is 104 Å².